The summed E-state index contributed by atoms with van der Waals surface area (Å²) < 4.78 is 23.8. The molecule has 0 atom stereocenters. The number of benzene rings is 6. The van der Waals surface area contributed by atoms with Gasteiger partial charge in [0.2, 0.25) is 13.6 Å². The van der Waals surface area contributed by atoms with E-state index in [1.54, 1.807) is 12.1 Å². The Labute approximate surface area is 243 Å². The Morgan fingerprint density at radius 3 is 1.26 bits per heavy atom. The average Bonchev–Trinajstić information content (AvgIpc) is 3.00. The first kappa shape index (κ1) is 26.8. The number of hydrogen-bond donors (Lipinski definition) is 2. The first-order valence-corrected chi connectivity index (χ1v) is 13.6. The third kappa shape index (κ3) is 5.47. The number of para-hydroxylation sites is 2. The van der Waals surface area contributed by atoms with Crippen LogP contribution in [0.4, 0.5) is 0 Å². The van der Waals surface area contributed by atoms with Crippen LogP contribution in [0.25, 0.3) is 32.7 Å². The lowest BCUT2D eigenvalue weighted by Gasteiger charge is -2.18. The first-order chi connectivity index (χ1) is 20.5. The van der Waals surface area contributed by atoms with Crippen LogP contribution in [0.2, 0.25) is 0 Å². The van der Waals surface area contributed by atoms with E-state index in [0.717, 1.165) is 21.9 Å². The highest BCUT2D eigenvalue weighted by atomic mass is 16.7. The van der Waals surface area contributed by atoms with E-state index in [0.29, 0.717) is 44.9 Å². The predicted molar refractivity (Wildman–Crippen MR) is 165 cm³/mol. The van der Waals surface area contributed by atoms with E-state index in [9.17, 15) is 10.2 Å². The SMILES string of the molecule is Cc1ccc2c(O)c(-c3cc(OCOc4ccccc4)c4cc(C)ccc4c3O)cc(OCOc3ccccc3)c2c1. The van der Waals surface area contributed by atoms with Crippen molar-refractivity contribution in [1.29, 1.82) is 0 Å². The molecule has 0 saturated heterocycles. The highest BCUT2D eigenvalue weighted by Crippen LogP contribution is 2.48. The lowest BCUT2D eigenvalue weighted by atomic mass is 9.94. The molecule has 0 saturated carbocycles. The van der Waals surface area contributed by atoms with Crippen molar-refractivity contribution in [2.45, 2.75) is 13.8 Å². The summed E-state index contributed by atoms with van der Waals surface area (Å²) >= 11 is 0. The van der Waals surface area contributed by atoms with E-state index in [1.807, 2.05) is 111 Å². The molecule has 0 aromatic heterocycles. The van der Waals surface area contributed by atoms with Gasteiger partial charge in [-0.25, -0.2) is 0 Å². The van der Waals surface area contributed by atoms with Crippen molar-refractivity contribution in [3.8, 4) is 45.6 Å². The first-order valence-electron chi connectivity index (χ1n) is 13.6. The summed E-state index contributed by atoms with van der Waals surface area (Å²) in [7, 11) is 0. The highest BCUT2D eigenvalue weighted by Gasteiger charge is 2.21. The Morgan fingerprint density at radius 1 is 0.452 bits per heavy atom. The Kier molecular flexibility index (Phi) is 7.43. The van der Waals surface area contributed by atoms with Gasteiger partial charge in [-0.3, -0.25) is 0 Å². The van der Waals surface area contributed by atoms with Gasteiger partial charge in [-0.15, -0.1) is 0 Å². The predicted octanol–water partition coefficient (Wildman–Crippen LogP) is 8.52. The molecule has 42 heavy (non-hydrogen) atoms. The number of phenolic OH excluding ortho intramolecular Hbond substituents is 2. The van der Waals surface area contributed by atoms with Crippen LogP contribution >= 0.6 is 0 Å². The van der Waals surface area contributed by atoms with Gasteiger partial charge in [0.1, 0.15) is 34.5 Å². The van der Waals surface area contributed by atoms with Gasteiger partial charge in [0, 0.05) is 32.7 Å². The molecule has 0 amide bonds. The van der Waals surface area contributed by atoms with E-state index in [4.69, 9.17) is 18.9 Å². The minimum Gasteiger partial charge on any atom is -0.507 e. The van der Waals surface area contributed by atoms with Gasteiger partial charge in [-0.05, 0) is 62.4 Å². The molecule has 0 spiro atoms. The van der Waals surface area contributed by atoms with Crippen molar-refractivity contribution in [3.05, 3.63) is 120 Å². The second kappa shape index (κ2) is 11.6. The van der Waals surface area contributed by atoms with Crippen molar-refractivity contribution in [3.63, 3.8) is 0 Å². The van der Waals surface area contributed by atoms with Gasteiger partial charge in [-0.1, -0.05) is 71.8 Å². The van der Waals surface area contributed by atoms with Crippen molar-refractivity contribution >= 4 is 21.5 Å². The Bertz CT molecular complexity index is 1730. The van der Waals surface area contributed by atoms with Crippen molar-refractivity contribution < 1.29 is 29.2 Å². The molecular weight excluding hydrogens is 528 g/mol. The fourth-order valence-corrected chi connectivity index (χ4v) is 4.99. The minimum atomic E-state index is -0.0363. The highest BCUT2D eigenvalue weighted by molar-refractivity contribution is 6.04. The summed E-state index contributed by atoms with van der Waals surface area (Å²) in [6, 6.07) is 33.7. The van der Waals surface area contributed by atoms with Gasteiger partial charge < -0.3 is 29.2 Å². The summed E-state index contributed by atoms with van der Waals surface area (Å²) in [5.74, 6) is 2.42. The molecule has 6 nitrogen and oxygen atoms in total. The van der Waals surface area contributed by atoms with Gasteiger partial charge in [0.05, 0.1) is 0 Å². The van der Waals surface area contributed by atoms with Crippen LogP contribution in [0.1, 0.15) is 11.1 Å². The number of hydrogen-bond acceptors (Lipinski definition) is 6. The van der Waals surface area contributed by atoms with E-state index >= 15 is 0 Å². The summed E-state index contributed by atoms with van der Waals surface area (Å²) in [4.78, 5) is 0. The van der Waals surface area contributed by atoms with Crippen molar-refractivity contribution in [1.82, 2.24) is 0 Å². The molecule has 2 N–H and O–H groups in total. The molecule has 0 radical (unpaired) electrons. The maximum Gasteiger partial charge on any atom is 0.230 e. The number of rotatable bonds is 9. The lowest BCUT2D eigenvalue weighted by molar-refractivity contribution is 0.121. The standard InChI is InChI=1S/C36H30O6/c1-23-13-15-27-29(17-23)33(41-21-39-25-9-5-3-6-10-25)19-31(35(27)37)32-20-34(42-22-40-26-11-7-4-8-12-26)30-18-24(2)14-16-28(30)36(32)38/h3-20,37-38H,21-22H2,1-2H3. The van der Waals surface area contributed by atoms with Crippen LogP contribution in [0.5, 0.6) is 34.5 Å². The number of aryl methyl sites for hydroxylation is 2. The smallest absolute Gasteiger partial charge is 0.230 e. The molecule has 0 unspecified atom stereocenters. The number of aromatic hydroxyl groups is 2. The minimum absolute atomic E-state index is 0.0228. The van der Waals surface area contributed by atoms with E-state index < -0.39 is 0 Å². The molecule has 6 heteroatoms. The van der Waals surface area contributed by atoms with E-state index in [1.165, 1.54) is 0 Å². The average molecular weight is 559 g/mol. The zero-order chi connectivity index (χ0) is 29.1. The van der Waals surface area contributed by atoms with Gasteiger partial charge >= 0.3 is 0 Å². The summed E-state index contributed by atoms with van der Waals surface area (Å²) in [6.07, 6.45) is 0. The lowest BCUT2D eigenvalue weighted by Crippen LogP contribution is -2.06. The fourth-order valence-electron chi connectivity index (χ4n) is 4.99. The number of fused-ring (bicyclic) bond motifs is 2. The topological polar surface area (TPSA) is 77.4 Å². The molecule has 0 aliphatic carbocycles. The van der Waals surface area contributed by atoms with Crippen LogP contribution in [0.3, 0.4) is 0 Å². The molecule has 6 aromatic carbocycles. The van der Waals surface area contributed by atoms with E-state index in [2.05, 4.69) is 0 Å². The molecule has 6 rings (SSSR count). The van der Waals surface area contributed by atoms with Crippen LogP contribution in [-0.2, 0) is 0 Å². The Balaban J connectivity index is 1.43. The van der Waals surface area contributed by atoms with Crippen LogP contribution in [0.15, 0.2) is 109 Å². The number of phenols is 2. The molecule has 0 heterocycles. The molecule has 6 aromatic rings. The Morgan fingerprint density at radius 2 is 0.857 bits per heavy atom. The van der Waals surface area contributed by atoms with E-state index in [-0.39, 0.29) is 25.1 Å². The Hall–Kier alpha value is -5.36. The molecule has 0 aliphatic rings. The third-order valence-corrected chi connectivity index (χ3v) is 7.11. The van der Waals surface area contributed by atoms with Crippen LogP contribution < -0.4 is 18.9 Å². The van der Waals surface area contributed by atoms with Gasteiger partial charge in [-0.2, -0.15) is 0 Å². The summed E-state index contributed by atoms with van der Waals surface area (Å²) in [5, 5.41) is 25.7. The zero-order valence-electron chi connectivity index (χ0n) is 23.3. The second-order valence-electron chi connectivity index (χ2n) is 10.1. The molecule has 0 aliphatic heterocycles. The largest absolute Gasteiger partial charge is 0.507 e. The maximum absolute atomic E-state index is 11.5. The van der Waals surface area contributed by atoms with Gasteiger partial charge in [0.25, 0.3) is 0 Å². The van der Waals surface area contributed by atoms with Crippen LogP contribution in [-0.4, -0.2) is 23.8 Å². The third-order valence-electron chi connectivity index (χ3n) is 7.11. The fraction of sp³-hybridized carbons (Fsp3) is 0.111. The maximum atomic E-state index is 11.5. The molecule has 210 valence electrons. The number of ether oxygens (including phenoxy) is 4. The van der Waals surface area contributed by atoms with Crippen LogP contribution in [0, 0.1) is 13.8 Å². The van der Waals surface area contributed by atoms with Crippen molar-refractivity contribution in [2.24, 2.45) is 0 Å². The van der Waals surface area contributed by atoms with Gasteiger partial charge in [0.15, 0.2) is 0 Å². The van der Waals surface area contributed by atoms with Crippen molar-refractivity contribution in [2.75, 3.05) is 13.6 Å². The molecular formula is C36H30O6. The molecule has 0 fully saturated rings. The second-order valence-corrected chi connectivity index (χ2v) is 10.1. The normalized spacial score (nSPS) is 11.0. The quantitative estimate of drug-likeness (QED) is 0.173. The summed E-state index contributed by atoms with van der Waals surface area (Å²) in [6.45, 7) is 3.89. The zero-order valence-corrected chi connectivity index (χ0v) is 23.3. The molecule has 0 bridgehead atoms. The monoisotopic (exact) mass is 558 g/mol. The summed E-state index contributed by atoms with van der Waals surface area (Å²) in [5.41, 5.74) is 2.83.